The summed E-state index contributed by atoms with van der Waals surface area (Å²) < 4.78 is 18.2. The molecule has 5 rings (SSSR count). The molecule has 1 N–H and O–H groups in total. The first kappa shape index (κ1) is 26.8. The summed E-state index contributed by atoms with van der Waals surface area (Å²) in [6.45, 7) is 0.989. The number of aromatic amines is 1. The summed E-state index contributed by atoms with van der Waals surface area (Å²) in [4.78, 5) is 42.4. The summed E-state index contributed by atoms with van der Waals surface area (Å²) in [6, 6.07) is 15.1. The van der Waals surface area contributed by atoms with E-state index in [-0.39, 0.29) is 16.9 Å². The van der Waals surface area contributed by atoms with Crippen molar-refractivity contribution in [1.82, 2.24) is 29.3 Å². The molecule has 12 nitrogen and oxygen atoms in total. The molecule has 0 saturated heterocycles. The SMILES string of the molecule is COC(=O)c1c(C=O)ncn1Cc1ccc(OC)cc1.COc1ccc(Cn2cnc3cn[nH]c(=O)c32)cc1. The van der Waals surface area contributed by atoms with E-state index < -0.39 is 5.97 Å². The fraction of sp³-hybridized carbons (Fsp3) is 0.185. The van der Waals surface area contributed by atoms with Gasteiger partial charge < -0.3 is 23.3 Å². The third-order valence-corrected chi connectivity index (χ3v) is 5.81. The van der Waals surface area contributed by atoms with Crippen molar-refractivity contribution in [3.8, 4) is 11.5 Å². The Kier molecular flexibility index (Phi) is 8.46. The predicted molar refractivity (Wildman–Crippen MR) is 141 cm³/mol. The van der Waals surface area contributed by atoms with Crippen LogP contribution in [0.15, 0.2) is 72.2 Å². The van der Waals surface area contributed by atoms with Crippen molar-refractivity contribution in [1.29, 1.82) is 0 Å². The summed E-state index contributed by atoms with van der Waals surface area (Å²) in [5, 5.41) is 6.14. The standard InChI is InChI=1S/C14H14N2O4.C13H12N4O2/c1-19-11-5-3-10(4-6-11)7-16-9-15-12(8-17)13(16)14(18)20-2;1-19-10-4-2-9(3-5-10)7-17-8-14-11-6-15-16-13(18)12(11)17/h3-6,8-9H,7H2,1-2H3;2-6,8H,7H2,1H3,(H,16,18). The Morgan fingerprint density at radius 2 is 1.44 bits per heavy atom. The molecule has 0 atom stereocenters. The minimum Gasteiger partial charge on any atom is -0.497 e. The van der Waals surface area contributed by atoms with Crippen LogP contribution in [0.25, 0.3) is 11.0 Å². The van der Waals surface area contributed by atoms with Crippen molar-refractivity contribution in [3.05, 3.63) is 100 Å². The number of fused-ring (bicyclic) bond motifs is 1. The van der Waals surface area contributed by atoms with Gasteiger partial charge in [0.15, 0.2) is 12.0 Å². The highest BCUT2D eigenvalue weighted by molar-refractivity contribution is 5.95. The zero-order chi connectivity index (χ0) is 27.8. The zero-order valence-electron chi connectivity index (χ0n) is 21.5. The van der Waals surface area contributed by atoms with Gasteiger partial charge in [0.05, 0.1) is 40.2 Å². The molecule has 3 heterocycles. The van der Waals surface area contributed by atoms with Gasteiger partial charge in [-0.3, -0.25) is 9.59 Å². The molecule has 0 unspecified atom stereocenters. The number of ether oxygens (including phenoxy) is 3. The van der Waals surface area contributed by atoms with Crippen LogP contribution in [-0.4, -0.2) is 62.9 Å². The molecule has 0 bridgehead atoms. The van der Waals surface area contributed by atoms with E-state index in [1.54, 1.807) is 35.9 Å². The van der Waals surface area contributed by atoms with Crippen LogP contribution in [0, 0.1) is 0 Å². The van der Waals surface area contributed by atoms with Gasteiger partial charge in [-0.05, 0) is 35.4 Å². The van der Waals surface area contributed by atoms with Gasteiger partial charge in [-0.15, -0.1) is 0 Å². The molecule has 39 heavy (non-hydrogen) atoms. The van der Waals surface area contributed by atoms with Crippen LogP contribution >= 0.6 is 0 Å². The number of methoxy groups -OCH3 is 3. The van der Waals surface area contributed by atoms with Gasteiger partial charge in [0, 0.05) is 13.1 Å². The molecule has 0 aliphatic rings. The van der Waals surface area contributed by atoms with Crippen LogP contribution in [-0.2, 0) is 17.8 Å². The van der Waals surface area contributed by atoms with E-state index in [1.165, 1.54) is 13.4 Å². The second kappa shape index (κ2) is 12.3. The van der Waals surface area contributed by atoms with Crippen molar-refractivity contribution in [2.45, 2.75) is 13.1 Å². The molecule has 3 aromatic heterocycles. The Labute approximate surface area is 222 Å². The van der Waals surface area contributed by atoms with Gasteiger partial charge in [0.1, 0.15) is 28.2 Å². The number of hydrogen-bond donors (Lipinski definition) is 1. The number of nitrogens with one attached hydrogen (secondary N) is 1. The number of carbonyl (C=O) groups excluding carboxylic acids is 2. The van der Waals surface area contributed by atoms with E-state index in [0.717, 1.165) is 22.6 Å². The maximum atomic E-state index is 11.8. The van der Waals surface area contributed by atoms with E-state index in [9.17, 15) is 14.4 Å². The molecule has 0 saturated carbocycles. The Bertz CT molecular complexity index is 1620. The largest absolute Gasteiger partial charge is 0.497 e. The lowest BCUT2D eigenvalue weighted by molar-refractivity contribution is 0.0586. The highest BCUT2D eigenvalue weighted by Crippen LogP contribution is 2.16. The second-order valence-corrected chi connectivity index (χ2v) is 8.22. The monoisotopic (exact) mass is 530 g/mol. The smallest absolute Gasteiger partial charge is 0.357 e. The predicted octanol–water partition coefficient (Wildman–Crippen LogP) is 2.72. The molecule has 0 amide bonds. The fourth-order valence-corrected chi connectivity index (χ4v) is 3.84. The Morgan fingerprint density at radius 1 is 0.872 bits per heavy atom. The highest BCUT2D eigenvalue weighted by atomic mass is 16.5. The molecule has 12 heteroatoms. The van der Waals surface area contributed by atoms with Crippen LogP contribution in [0.1, 0.15) is 32.1 Å². The normalized spacial score (nSPS) is 10.4. The molecule has 0 aliphatic carbocycles. The van der Waals surface area contributed by atoms with Crippen molar-refractivity contribution < 1.29 is 23.8 Å². The minimum absolute atomic E-state index is 0.0744. The summed E-state index contributed by atoms with van der Waals surface area (Å²) in [5.41, 5.74) is 3.14. The van der Waals surface area contributed by atoms with E-state index in [2.05, 4.69) is 24.9 Å². The average molecular weight is 531 g/mol. The quantitative estimate of drug-likeness (QED) is 0.237. The number of aldehydes is 1. The fourth-order valence-electron chi connectivity index (χ4n) is 3.84. The molecule has 200 valence electrons. The minimum atomic E-state index is -0.585. The first-order valence-electron chi connectivity index (χ1n) is 11.7. The van der Waals surface area contributed by atoms with Gasteiger partial charge in [0.2, 0.25) is 0 Å². The molecule has 0 radical (unpaired) electrons. The van der Waals surface area contributed by atoms with Crippen molar-refractivity contribution in [3.63, 3.8) is 0 Å². The number of esters is 1. The average Bonchev–Trinajstić information content (AvgIpc) is 3.58. The lowest BCUT2D eigenvalue weighted by Crippen LogP contribution is -2.13. The van der Waals surface area contributed by atoms with E-state index >= 15 is 0 Å². The van der Waals surface area contributed by atoms with Gasteiger partial charge >= 0.3 is 5.97 Å². The van der Waals surface area contributed by atoms with Gasteiger partial charge in [-0.2, -0.15) is 5.10 Å². The van der Waals surface area contributed by atoms with E-state index in [4.69, 9.17) is 9.47 Å². The summed E-state index contributed by atoms with van der Waals surface area (Å²) in [5.74, 6) is 0.973. The van der Waals surface area contributed by atoms with E-state index in [1.807, 2.05) is 48.5 Å². The lowest BCUT2D eigenvalue weighted by Gasteiger charge is -2.08. The van der Waals surface area contributed by atoms with Crippen LogP contribution in [0.5, 0.6) is 11.5 Å². The first-order valence-corrected chi connectivity index (χ1v) is 11.7. The topological polar surface area (TPSA) is 143 Å². The Hall–Kier alpha value is -5.26. The first-order chi connectivity index (χ1) is 19.0. The maximum Gasteiger partial charge on any atom is 0.357 e. The molecule has 2 aromatic carbocycles. The summed E-state index contributed by atoms with van der Waals surface area (Å²) in [7, 11) is 4.49. The van der Waals surface area contributed by atoms with E-state index in [0.29, 0.717) is 30.4 Å². The number of rotatable bonds is 8. The van der Waals surface area contributed by atoms with Crippen LogP contribution in [0.2, 0.25) is 0 Å². The number of hydrogen-bond acceptors (Lipinski definition) is 9. The number of H-pyrrole nitrogens is 1. The second-order valence-electron chi connectivity index (χ2n) is 8.22. The van der Waals surface area contributed by atoms with Crippen LogP contribution in [0.4, 0.5) is 0 Å². The summed E-state index contributed by atoms with van der Waals surface area (Å²) in [6.07, 6.45) is 5.17. The molecule has 0 fully saturated rings. The highest BCUT2D eigenvalue weighted by Gasteiger charge is 2.19. The molecular weight excluding hydrogens is 504 g/mol. The Balaban J connectivity index is 0.000000181. The number of benzene rings is 2. The molecule has 5 aromatic rings. The van der Waals surface area contributed by atoms with Gasteiger partial charge in [0.25, 0.3) is 5.56 Å². The number of carbonyl (C=O) groups is 2. The third-order valence-electron chi connectivity index (χ3n) is 5.81. The molecule has 0 spiro atoms. The van der Waals surface area contributed by atoms with Gasteiger partial charge in [-0.1, -0.05) is 24.3 Å². The molecular formula is C27H26N6O6. The molecule has 0 aliphatic heterocycles. The van der Waals surface area contributed by atoms with Crippen LogP contribution in [0.3, 0.4) is 0 Å². The number of aromatic nitrogens is 6. The lowest BCUT2D eigenvalue weighted by atomic mass is 10.2. The zero-order valence-corrected chi connectivity index (χ0v) is 21.5. The summed E-state index contributed by atoms with van der Waals surface area (Å²) >= 11 is 0. The van der Waals surface area contributed by atoms with Crippen molar-refractivity contribution in [2.24, 2.45) is 0 Å². The van der Waals surface area contributed by atoms with Crippen molar-refractivity contribution >= 4 is 23.3 Å². The number of nitrogens with zero attached hydrogens (tertiary/aromatic N) is 5. The Morgan fingerprint density at radius 3 is 1.97 bits per heavy atom. The van der Waals surface area contributed by atoms with Gasteiger partial charge in [-0.25, -0.2) is 19.9 Å². The van der Waals surface area contributed by atoms with Crippen molar-refractivity contribution in [2.75, 3.05) is 21.3 Å². The van der Waals surface area contributed by atoms with Crippen LogP contribution < -0.4 is 15.0 Å². The third kappa shape index (κ3) is 6.18. The maximum absolute atomic E-state index is 11.8. The number of imidazole rings is 2.